The molecule has 2 saturated heterocycles. The molecule has 120 valence electrons. The van der Waals surface area contributed by atoms with Crippen molar-refractivity contribution >= 4 is 5.91 Å². The number of benzene rings is 1. The SMILES string of the molecule is O=C1CCCN1C[C@H](NC[C@H]1CCCOC1)c1ccccc1. The number of carbonyl (C=O) groups is 1. The van der Waals surface area contributed by atoms with Crippen LogP contribution < -0.4 is 5.32 Å². The van der Waals surface area contributed by atoms with Crippen LogP contribution in [-0.2, 0) is 9.53 Å². The molecule has 2 fully saturated rings. The second kappa shape index (κ2) is 7.75. The fourth-order valence-corrected chi connectivity index (χ4v) is 3.37. The van der Waals surface area contributed by atoms with E-state index in [0.717, 1.165) is 45.7 Å². The molecule has 0 aromatic heterocycles. The van der Waals surface area contributed by atoms with Gasteiger partial charge in [0, 0.05) is 38.7 Å². The molecule has 4 heteroatoms. The van der Waals surface area contributed by atoms with Gasteiger partial charge in [-0.1, -0.05) is 30.3 Å². The molecule has 1 amide bonds. The van der Waals surface area contributed by atoms with Crippen LogP contribution in [-0.4, -0.2) is 43.7 Å². The van der Waals surface area contributed by atoms with E-state index in [2.05, 4.69) is 29.6 Å². The van der Waals surface area contributed by atoms with Crippen LogP contribution in [0.2, 0.25) is 0 Å². The van der Waals surface area contributed by atoms with Crippen LogP contribution in [0.25, 0.3) is 0 Å². The highest BCUT2D eigenvalue weighted by molar-refractivity contribution is 5.78. The third-order valence-corrected chi connectivity index (χ3v) is 4.68. The topological polar surface area (TPSA) is 41.6 Å². The van der Waals surface area contributed by atoms with E-state index in [1.54, 1.807) is 0 Å². The first-order valence-electron chi connectivity index (χ1n) is 8.47. The summed E-state index contributed by atoms with van der Waals surface area (Å²) in [7, 11) is 0. The maximum absolute atomic E-state index is 11.9. The Morgan fingerprint density at radius 1 is 1.27 bits per heavy atom. The maximum Gasteiger partial charge on any atom is 0.222 e. The summed E-state index contributed by atoms with van der Waals surface area (Å²) in [5.41, 5.74) is 1.26. The first kappa shape index (κ1) is 15.5. The normalized spacial score (nSPS) is 23.7. The summed E-state index contributed by atoms with van der Waals surface area (Å²) in [6.45, 7) is 4.40. The quantitative estimate of drug-likeness (QED) is 0.877. The predicted molar refractivity (Wildman–Crippen MR) is 86.5 cm³/mol. The van der Waals surface area contributed by atoms with E-state index >= 15 is 0 Å². The summed E-state index contributed by atoms with van der Waals surface area (Å²) in [5.74, 6) is 0.887. The van der Waals surface area contributed by atoms with Gasteiger partial charge in [-0.15, -0.1) is 0 Å². The number of rotatable bonds is 6. The molecule has 0 unspecified atom stereocenters. The molecular weight excluding hydrogens is 276 g/mol. The van der Waals surface area contributed by atoms with Crippen LogP contribution in [0.5, 0.6) is 0 Å². The molecular formula is C18H26N2O2. The zero-order valence-corrected chi connectivity index (χ0v) is 13.2. The second-order valence-electron chi connectivity index (χ2n) is 6.40. The third-order valence-electron chi connectivity index (χ3n) is 4.68. The van der Waals surface area contributed by atoms with Crippen molar-refractivity contribution in [1.82, 2.24) is 10.2 Å². The molecule has 1 N–H and O–H groups in total. The lowest BCUT2D eigenvalue weighted by atomic mass is 10.0. The van der Waals surface area contributed by atoms with Crippen LogP contribution in [0.1, 0.15) is 37.3 Å². The van der Waals surface area contributed by atoms with Crippen molar-refractivity contribution in [2.75, 3.05) is 32.8 Å². The number of nitrogens with one attached hydrogen (secondary N) is 1. The Labute approximate surface area is 132 Å². The van der Waals surface area contributed by atoms with Gasteiger partial charge in [0.25, 0.3) is 0 Å². The zero-order valence-electron chi connectivity index (χ0n) is 13.2. The average molecular weight is 302 g/mol. The van der Waals surface area contributed by atoms with Gasteiger partial charge in [0.1, 0.15) is 0 Å². The van der Waals surface area contributed by atoms with Gasteiger partial charge in [0.2, 0.25) is 5.91 Å². The lowest BCUT2D eigenvalue weighted by Gasteiger charge is -2.28. The lowest BCUT2D eigenvalue weighted by molar-refractivity contribution is -0.128. The van der Waals surface area contributed by atoms with E-state index in [9.17, 15) is 4.79 Å². The standard InChI is InChI=1S/C18H26N2O2/c21-18-9-4-10-20(18)13-17(16-7-2-1-3-8-16)19-12-15-6-5-11-22-14-15/h1-3,7-8,15,17,19H,4-6,9-14H2/t15-,17+/m1/s1. The molecule has 2 aliphatic heterocycles. The van der Waals surface area contributed by atoms with Crippen molar-refractivity contribution in [3.63, 3.8) is 0 Å². The molecule has 0 spiro atoms. The van der Waals surface area contributed by atoms with Crippen LogP contribution >= 0.6 is 0 Å². The molecule has 0 aliphatic carbocycles. The number of hydrogen-bond acceptors (Lipinski definition) is 3. The summed E-state index contributed by atoms with van der Waals surface area (Å²) in [6, 6.07) is 10.7. The molecule has 2 atom stereocenters. The van der Waals surface area contributed by atoms with Gasteiger partial charge in [-0.25, -0.2) is 0 Å². The van der Waals surface area contributed by atoms with Crippen molar-refractivity contribution in [2.24, 2.45) is 5.92 Å². The maximum atomic E-state index is 11.9. The van der Waals surface area contributed by atoms with E-state index < -0.39 is 0 Å². The highest BCUT2D eigenvalue weighted by atomic mass is 16.5. The molecule has 4 nitrogen and oxygen atoms in total. The van der Waals surface area contributed by atoms with E-state index in [-0.39, 0.29) is 6.04 Å². The third kappa shape index (κ3) is 4.08. The predicted octanol–water partition coefficient (Wildman–Crippen LogP) is 2.37. The van der Waals surface area contributed by atoms with E-state index in [0.29, 0.717) is 18.2 Å². The number of amides is 1. The second-order valence-corrected chi connectivity index (χ2v) is 6.40. The minimum Gasteiger partial charge on any atom is -0.381 e. The minimum absolute atomic E-state index is 0.213. The lowest BCUT2D eigenvalue weighted by Crippen LogP contribution is -2.39. The Bertz CT molecular complexity index is 471. The molecule has 1 aromatic rings. The number of ether oxygens (including phenoxy) is 1. The van der Waals surface area contributed by atoms with Crippen LogP contribution in [0.3, 0.4) is 0 Å². The fourth-order valence-electron chi connectivity index (χ4n) is 3.37. The van der Waals surface area contributed by atoms with Gasteiger partial charge in [0.15, 0.2) is 0 Å². The summed E-state index contributed by atoms with van der Waals surface area (Å²) < 4.78 is 5.57. The first-order chi connectivity index (χ1) is 10.8. The van der Waals surface area contributed by atoms with Gasteiger partial charge in [-0.2, -0.15) is 0 Å². The summed E-state index contributed by atoms with van der Waals surface area (Å²) in [6.07, 6.45) is 4.10. The van der Waals surface area contributed by atoms with Crippen molar-refractivity contribution in [3.05, 3.63) is 35.9 Å². The number of hydrogen-bond donors (Lipinski definition) is 1. The highest BCUT2D eigenvalue weighted by Crippen LogP contribution is 2.20. The van der Waals surface area contributed by atoms with Gasteiger partial charge < -0.3 is 15.0 Å². The van der Waals surface area contributed by atoms with E-state index in [1.165, 1.54) is 12.0 Å². The Kier molecular flexibility index (Phi) is 5.46. The van der Waals surface area contributed by atoms with Gasteiger partial charge in [-0.3, -0.25) is 4.79 Å². The molecule has 2 aliphatic rings. The van der Waals surface area contributed by atoms with E-state index in [4.69, 9.17) is 4.74 Å². The Balaban J connectivity index is 1.61. The largest absolute Gasteiger partial charge is 0.381 e. The van der Waals surface area contributed by atoms with Crippen molar-refractivity contribution in [1.29, 1.82) is 0 Å². The molecule has 2 heterocycles. The Hall–Kier alpha value is -1.39. The van der Waals surface area contributed by atoms with Crippen LogP contribution in [0, 0.1) is 5.92 Å². The molecule has 1 aromatic carbocycles. The summed E-state index contributed by atoms with van der Waals surface area (Å²) in [5, 5.41) is 3.68. The minimum atomic E-state index is 0.213. The van der Waals surface area contributed by atoms with Gasteiger partial charge >= 0.3 is 0 Å². The first-order valence-corrected chi connectivity index (χ1v) is 8.47. The molecule has 0 radical (unpaired) electrons. The highest BCUT2D eigenvalue weighted by Gasteiger charge is 2.25. The smallest absolute Gasteiger partial charge is 0.222 e. The van der Waals surface area contributed by atoms with Gasteiger partial charge in [0.05, 0.1) is 6.61 Å². The molecule has 0 bridgehead atoms. The molecule has 3 rings (SSSR count). The van der Waals surface area contributed by atoms with Crippen LogP contribution in [0.15, 0.2) is 30.3 Å². The van der Waals surface area contributed by atoms with Crippen molar-refractivity contribution in [3.8, 4) is 0 Å². The average Bonchev–Trinajstić information content (AvgIpc) is 2.98. The number of likely N-dealkylation sites (tertiary alicyclic amines) is 1. The molecule has 0 saturated carbocycles. The van der Waals surface area contributed by atoms with Crippen molar-refractivity contribution in [2.45, 2.75) is 31.7 Å². The molecule has 22 heavy (non-hydrogen) atoms. The monoisotopic (exact) mass is 302 g/mol. The van der Waals surface area contributed by atoms with E-state index in [1.807, 2.05) is 11.0 Å². The van der Waals surface area contributed by atoms with Crippen molar-refractivity contribution < 1.29 is 9.53 Å². The zero-order chi connectivity index (χ0) is 15.2. The Morgan fingerprint density at radius 3 is 2.82 bits per heavy atom. The van der Waals surface area contributed by atoms with Crippen LogP contribution in [0.4, 0.5) is 0 Å². The van der Waals surface area contributed by atoms with Gasteiger partial charge in [-0.05, 0) is 30.7 Å². The number of nitrogens with zero attached hydrogens (tertiary/aromatic N) is 1. The summed E-state index contributed by atoms with van der Waals surface area (Å²) >= 11 is 0. The number of carbonyl (C=O) groups excluding carboxylic acids is 1. The Morgan fingerprint density at radius 2 is 2.14 bits per heavy atom. The summed E-state index contributed by atoms with van der Waals surface area (Å²) in [4.78, 5) is 13.9. The fraction of sp³-hybridized carbons (Fsp3) is 0.611.